The molecule has 0 radical (unpaired) electrons. The Labute approximate surface area is 157 Å². The van der Waals surface area contributed by atoms with Gasteiger partial charge in [0.1, 0.15) is 11.6 Å². The van der Waals surface area contributed by atoms with E-state index in [1.165, 1.54) is 12.1 Å². The molecule has 0 saturated heterocycles. The van der Waals surface area contributed by atoms with Gasteiger partial charge in [0.25, 0.3) is 0 Å². The lowest BCUT2D eigenvalue weighted by molar-refractivity contribution is -0.122. The van der Waals surface area contributed by atoms with Crippen LogP contribution in [0.15, 0.2) is 59.8 Å². The second-order valence-corrected chi connectivity index (χ2v) is 7.05. The monoisotopic (exact) mass is 365 g/mol. The molecule has 2 aromatic carbocycles. The first-order chi connectivity index (χ1) is 13.0. The number of rotatable bonds is 3. The summed E-state index contributed by atoms with van der Waals surface area (Å²) in [6.07, 6.45) is 1.22. The maximum Gasteiger partial charge on any atom is 0.225 e. The number of ketones is 1. The molecule has 1 heterocycles. The Balaban J connectivity index is 1.67. The molecular formula is C22H20FNO3. The van der Waals surface area contributed by atoms with E-state index in [2.05, 4.69) is 5.32 Å². The van der Waals surface area contributed by atoms with Crippen LogP contribution in [0.1, 0.15) is 42.2 Å². The van der Waals surface area contributed by atoms with Gasteiger partial charge in [-0.1, -0.05) is 24.3 Å². The Morgan fingerprint density at radius 3 is 2.26 bits per heavy atom. The number of hydrogen-bond donors (Lipinski definition) is 1. The average molecular weight is 365 g/mol. The average Bonchev–Trinajstić information content (AvgIpc) is 2.67. The molecule has 4 rings (SSSR count). The molecule has 2 aliphatic rings. The van der Waals surface area contributed by atoms with E-state index >= 15 is 0 Å². The molecule has 1 N–H and O–H groups in total. The van der Waals surface area contributed by atoms with Gasteiger partial charge in [0.2, 0.25) is 5.91 Å². The van der Waals surface area contributed by atoms with Crippen LogP contribution < -0.4 is 10.1 Å². The van der Waals surface area contributed by atoms with E-state index in [0.717, 1.165) is 16.9 Å². The smallest absolute Gasteiger partial charge is 0.225 e. The number of Topliss-reactive ketones (excluding diaryl/α,β-unsaturated/α-hetero) is 1. The van der Waals surface area contributed by atoms with Crippen molar-refractivity contribution in [2.75, 3.05) is 7.11 Å². The number of halogens is 1. The normalized spacial score (nSPS) is 22.3. The second kappa shape index (κ2) is 6.99. The maximum absolute atomic E-state index is 13.3. The second-order valence-electron chi connectivity index (χ2n) is 7.05. The van der Waals surface area contributed by atoms with Crippen molar-refractivity contribution in [2.24, 2.45) is 0 Å². The summed E-state index contributed by atoms with van der Waals surface area (Å²) < 4.78 is 18.5. The Morgan fingerprint density at radius 2 is 1.59 bits per heavy atom. The standard InChI is InChI=1S/C22H20FNO3/c1-27-17-8-4-13(5-9-17)15-10-19-22(20(25)11-15)18(12-21(26)24-19)14-2-6-16(23)7-3-14/h2-9,15,18H,10-12H2,1H3,(H,24,26)/t15-,18-/m1/s1. The van der Waals surface area contributed by atoms with Crippen molar-refractivity contribution in [1.82, 2.24) is 5.32 Å². The topological polar surface area (TPSA) is 55.4 Å². The highest BCUT2D eigenvalue weighted by Crippen LogP contribution is 2.42. The highest BCUT2D eigenvalue weighted by molar-refractivity contribution is 6.02. The SMILES string of the molecule is COc1ccc([C@H]2CC(=O)C3=C(C2)NC(=O)C[C@@H]3c2ccc(F)cc2)cc1. The van der Waals surface area contributed by atoms with Crippen molar-refractivity contribution >= 4 is 11.7 Å². The minimum absolute atomic E-state index is 0.0226. The van der Waals surface area contributed by atoms with E-state index in [1.54, 1.807) is 19.2 Å². The number of benzene rings is 2. The van der Waals surface area contributed by atoms with Gasteiger partial charge in [-0.2, -0.15) is 0 Å². The van der Waals surface area contributed by atoms with E-state index in [0.29, 0.717) is 24.1 Å². The zero-order valence-corrected chi connectivity index (χ0v) is 15.0. The van der Waals surface area contributed by atoms with Crippen LogP contribution in [-0.2, 0) is 9.59 Å². The lowest BCUT2D eigenvalue weighted by atomic mass is 9.73. The summed E-state index contributed by atoms with van der Waals surface area (Å²) in [6, 6.07) is 13.7. The van der Waals surface area contributed by atoms with Gasteiger partial charge in [-0.15, -0.1) is 0 Å². The van der Waals surface area contributed by atoms with Crippen molar-refractivity contribution in [3.63, 3.8) is 0 Å². The van der Waals surface area contributed by atoms with Gasteiger partial charge in [0, 0.05) is 30.0 Å². The molecule has 0 spiro atoms. The lowest BCUT2D eigenvalue weighted by Gasteiger charge is -2.34. The summed E-state index contributed by atoms with van der Waals surface area (Å²) in [6.45, 7) is 0. The molecule has 1 aliphatic carbocycles. The van der Waals surface area contributed by atoms with Crippen LogP contribution in [0.5, 0.6) is 5.75 Å². The predicted octanol–water partition coefficient (Wildman–Crippen LogP) is 3.84. The van der Waals surface area contributed by atoms with Gasteiger partial charge in [0.15, 0.2) is 5.78 Å². The van der Waals surface area contributed by atoms with E-state index in [1.807, 2.05) is 24.3 Å². The van der Waals surface area contributed by atoms with Crippen LogP contribution in [-0.4, -0.2) is 18.8 Å². The highest BCUT2D eigenvalue weighted by Gasteiger charge is 2.38. The van der Waals surface area contributed by atoms with Gasteiger partial charge in [0.05, 0.1) is 7.11 Å². The third kappa shape index (κ3) is 3.37. The Bertz CT molecular complexity index is 916. The first-order valence-corrected chi connectivity index (χ1v) is 9.00. The van der Waals surface area contributed by atoms with Crippen molar-refractivity contribution in [2.45, 2.75) is 31.1 Å². The Hall–Kier alpha value is -2.95. The summed E-state index contributed by atoms with van der Waals surface area (Å²) >= 11 is 0. The summed E-state index contributed by atoms with van der Waals surface area (Å²) in [5.41, 5.74) is 3.23. The lowest BCUT2D eigenvalue weighted by Crippen LogP contribution is -2.38. The zero-order valence-electron chi connectivity index (χ0n) is 15.0. The van der Waals surface area contributed by atoms with E-state index in [9.17, 15) is 14.0 Å². The summed E-state index contributed by atoms with van der Waals surface area (Å²) in [7, 11) is 1.61. The molecule has 1 aliphatic heterocycles. The highest BCUT2D eigenvalue weighted by atomic mass is 19.1. The minimum Gasteiger partial charge on any atom is -0.497 e. The molecule has 138 valence electrons. The maximum atomic E-state index is 13.3. The number of carbonyl (C=O) groups excluding carboxylic acids is 2. The van der Waals surface area contributed by atoms with Crippen molar-refractivity contribution in [3.8, 4) is 5.75 Å². The van der Waals surface area contributed by atoms with Crippen LogP contribution in [0.25, 0.3) is 0 Å². The zero-order chi connectivity index (χ0) is 19.0. The van der Waals surface area contributed by atoms with E-state index in [-0.39, 0.29) is 35.8 Å². The number of hydrogen-bond acceptors (Lipinski definition) is 3. The van der Waals surface area contributed by atoms with Crippen LogP contribution in [0.3, 0.4) is 0 Å². The van der Waals surface area contributed by atoms with E-state index < -0.39 is 0 Å². The molecule has 0 aromatic heterocycles. The molecule has 1 amide bonds. The molecule has 2 aromatic rings. The fourth-order valence-electron chi connectivity index (χ4n) is 4.05. The number of methoxy groups -OCH3 is 1. The quantitative estimate of drug-likeness (QED) is 0.899. The minimum atomic E-state index is -0.331. The third-order valence-corrected chi connectivity index (χ3v) is 5.40. The Morgan fingerprint density at radius 1 is 0.926 bits per heavy atom. The molecule has 4 nitrogen and oxygen atoms in total. The molecule has 0 saturated carbocycles. The van der Waals surface area contributed by atoms with Crippen molar-refractivity contribution in [3.05, 3.63) is 76.7 Å². The summed E-state index contributed by atoms with van der Waals surface area (Å²) in [5, 5.41) is 2.90. The third-order valence-electron chi connectivity index (χ3n) is 5.40. The molecule has 0 fully saturated rings. The van der Waals surface area contributed by atoms with Crippen LogP contribution in [0, 0.1) is 5.82 Å². The van der Waals surface area contributed by atoms with Crippen LogP contribution in [0.2, 0.25) is 0 Å². The van der Waals surface area contributed by atoms with Gasteiger partial charge in [-0.25, -0.2) is 4.39 Å². The number of allylic oxidation sites excluding steroid dienone is 2. The van der Waals surface area contributed by atoms with Gasteiger partial charge >= 0.3 is 0 Å². The van der Waals surface area contributed by atoms with E-state index in [4.69, 9.17) is 4.74 Å². The fourth-order valence-corrected chi connectivity index (χ4v) is 4.05. The number of ether oxygens (including phenoxy) is 1. The summed E-state index contributed by atoms with van der Waals surface area (Å²) in [5.74, 6) is 0.0941. The first-order valence-electron chi connectivity index (χ1n) is 9.00. The van der Waals surface area contributed by atoms with Gasteiger partial charge < -0.3 is 10.1 Å². The molecular weight excluding hydrogens is 345 g/mol. The first kappa shape index (κ1) is 17.5. The number of nitrogens with one attached hydrogen (secondary N) is 1. The van der Waals surface area contributed by atoms with Crippen molar-refractivity contribution in [1.29, 1.82) is 0 Å². The molecule has 0 unspecified atom stereocenters. The van der Waals surface area contributed by atoms with Crippen molar-refractivity contribution < 1.29 is 18.7 Å². The molecule has 27 heavy (non-hydrogen) atoms. The van der Waals surface area contributed by atoms with Gasteiger partial charge in [-0.3, -0.25) is 9.59 Å². The summed E-state index contributed by atoms with van der Waals surface area (Å²) in [4.78, 5) is 25.2. The molecule has 2 atom stereocenters. The fraction of sp³-hybridized carbons (Fsp3) is 0.273. The molecule has 0 bridgehead atoms. The van der Waals surface area contributed by atoms with Gasteiger partial charge in [-0.05, 0) is 47.7 Å². The number of carbonyl (C=O) groups is 2. The van der Waals surface area contributed by atoms with Crippen LogP contribution in [0.4, 0.5) is 4.39 Å². The Kier molecular flexibility index (Phi) is 4.52. The largest absolute Gasteiger partial charge is 0.497 e. The van der Waals surface area contributed by atoms with Crippen LogP contribution >= 0.6 is 0 Å². The predicted molar refractivity (Wildman–Crippen MR) is 98.9 cm³/mol. The number of amides is 1. The molecule has 5 heteroatoms.